The molecule has 1 N–H and O–H groups in total. The van der Waals surface area contributed by atoms with Crippen LogP contribution in [-0.2, 0) is 0 Å². The molecule has 2 amide bonds. The zero-order chi connectivity index (χ0) is 18.9. The van der Waals surface area contributed by atoms with Gasteiger partial charge in [-0.2, -0.15) is 0 Å². The predicted octanol–water partition coefficient (Wildman–Crippen LogP) is 4.62. The number of hydrogen-bond acceptors (Lipinski definition) is 3. The van der Waals surface area contributed by atoms with Crippen LogP contribution in [0.2, 0.25) is 5.02 Å². The Kier molecular flexibility index (Phi) is 5.30. The number of anilines is 1. The van der Waals surface area contributed by atoms with E-state index in [9.17, 15) is 9.59 Å². The number of thioether (sulfide) groups is 1. The van der Waals surface area contributed by atoms with Gasteiger partial charge in [-0.05, 0) is 57.2 Å². The number of carbonyl (C=O) groups excluding carboxylic acids is 2. The third-order valence-corrected chi connectivity index (χ3v) is 5.17. The van der Waals surface area contributed by atoms with E-state index < -0.39 is 0 Å². The topological polar surface area (TPSA) is 49.4 Å². The molecule has 0 saturated carbocycles. The standard InChI is InChI=1S/C20H21ClN2O2S/c1-20(2,3)22-18(24)13-7-8-17-16(12-13)23(9-10-26-17)19(25)14-5-4-6-15(21)11-14/h4-8,11-12H,9-10H2,1-3H3,(H,22,24). The van der Waals surface area contributed by atoms with Crippen LogP contribution in [0.15, 0.2) is 47.4 Å². The minimum Gasteiger partial charge on any atom is -0.347 e. The van der Waals surface area contributed by atoms with Gasteiger partial charge in [-0.25, -0.2) is 0 Å². The molecule has 3 rings (SSSR count). The second-order valence-corrected chi connectivity index (χ2v) is 8.78. The molecule has 0 atom stereocenters. The van der Waals surface area contributed by atoms with Gasteiger partial charge in [0.2, 0.25) is 0 Å². The molecule has 26 heavy (non-hydrogen) atoms. The smallest absolute Gasteiger partial charge is 0.258 e. The number of benzene rings is 2. The average molecular weight is 389 g/mol. The Morgan fingerprint density at radius 2 is 1.88 bits per heavy atom. The highest BCUT2D eigenvalue weighted by molar-refractivity contribution is 7.99. The molecule has 1 heterocycles. The minimum absolute atomic E-state index is 0.109. The first kappa shape index (κ1) is 18.8. The summed E-state index contributed by atoms with van der Waals surface area (Å²) in [6, 6.07) is 12.4. The van der Waals surface area contributed by atoms with Crippen molar-refractivity contribution in [2.75, 3.05) is 17.2 Å². The summed E-state index contributed by atoms with van der Waals surface area (Å²) in [4.78, 5) is 28.2. The Hall–Kier alpha value is -1.98. The maximum absolute atomic E-state index is 13.0. The molecule has 136 valence electrons. The number of nitrogens with one attached hydrogen (secondary N) is 1. The van der Waals surface area contributed by atoms with Gasteiger partial charge in [-0.3, -0.25) is 9.59 Å². The second kappa shape index (κ2) is 7.33. The molecule has 4 nitrogen and oxygen atoms in total. The summed E-state index contributed by atoms with van der Waals surface area (Å²) in [7, 11) is 0. The van der Waals surface area contributed by atoms with Gasteiger partial charge in [0.25, 0.3) is 11.8 Å². The van der Waals surface area contributed by atoms with Crippen molar-refractivity contribution in [3.8, 4) is 0 Å². The van der Waals surface area contributed by atoms with E-state index in [1.807, 2.05) is 26.8 Å². The van der Waals surface area contributed by atoms with Gasteiger partial charge in [0.15, 0.2) is 0 Å². The van der Waals surface area contributed by atoms with Crippen LogP contribution in [0.25, 0.3) is 0 Å². The van der Waals surface area contributed by atoms with E-state index in [0.29, 0.717) is 22.7 Å². The highest BCUT2D eigenvalue weighted by atomic mass is 35.5. The Balaban J connectivity index is 1.94. The minimum atomic E-state index is -0.321. The number of amides is 2. The van der Waals surface area contributed by atoms with E-state index >= 15 is 0 Å². The van der Waals surface area contributed by atoms with Crippen molar-refractivity contribution in [2.24, 2.45) is 0 Å². The number of nitrogens with zero attached hydrogens (tertiary/aromatic N) is 1. The molecular weight excluding hydrogens is 368 g/mol. The summed E-state index contributed by atoms with van der Waals surface area (Å²) in [5, 5.41) is 3.49. The van der Waals surface area contributed by atoms with Gasteiger partial charge in [-0.15, -0.1) is 11.8 Å². The van der Waals surface area contributed by atoms with Crippen LogP contribution in [0, 0.1) is 0 Å². The lowest BCUT2D eigenvalue weighted by molar-refractivity contribution is 0.0917. The first-order chi connectivity index (χ1) is 12.2. The van der Waals surface area contributed by atoms with E-state index in [1.165, 1.54) is 0 Å². The van der Waals surface area contributed by atoms with E-state index in [1.54, 1.807) is 53.1 Å². The van der Waals surface area contributed by atoms with E-state index in [4.69, 9.17) is 11.6 Å². The van der Waals surface area contributed by atoms with Crippen LogP contribution in [0.4, 0.5) is 5.69 Å². The molecule has 1 aliphatic rings. The highest BCUT2D eigenvalue weighted by Gasteiger charge is 2.26. The summed E-state index contributed by atoms with van der Waals surface area (Å²) >= 11 is 7.72. The molecular formula is C20H21ClN2O2S. The molecule has 1 aliphatic heterocycles. The number of rotatable bonds is 2. The van der Waals surface area contributed by atoms with Crippen LogP contribution in [0.5, 0.6) is 0 Å². The van der Waals surface area contributed by atoms with Crippen molar-refractivity contribution in [3.63, 3.8) is 0 Å². The Bertz CT molecular complexity index is 861. The largest absolute Gasteiger partial charge is 0.347 e. The number of halogens is 1. The summed E-state index contributed by atoms with van der Waals surface area (Å²) in [5.74, 6) is 0.556. The van der Waals surface area contributed by atoms with E-state index in [-0.39, 0.29) is 17.4 Å². The lowest BCUT2D eigenvalue weighted by Crippen LogP contribution is -2.41. The van der Waals surface area contributed by atoms with Gasteiger partial charge in [0.1, 0.15) is 0 Å². The fourth-order valence-electron chi connectivity index (χ4n) is 2.76. The lowest BCUT2D eigenvalue weighted by atomic mass is 10.1. The molecule has 0 fully saturated rings. The number of carbonyl (C=O) groups is 2. The normalized spacial score (nSPS) is 13.9. The fourth-order valence-corrected chi connectivity index (χ4v) is 3.93. The molecule has 2 aromatic carbocycles. The fraction of sp³-hybridized carbons (Fsp3) is 0.300. The molecule has 0 unspecified atom stereocenters. The molecule has 0 aromatic heterocycles. The summed E-state index contributed by atoms with van der Waals surface area (Å²) in [6.45, 7) is 6.41. The number of fused-ring (bicyclic) bond motifs is 1. The number of hydrogen-bond donors (Lipinski definition) is 1. The van der Waals surface area contributed by atoms with E-state index in [2.05, 4.69) is 5.32 Å². The van der Waals surface area contributed by atoms with Gasteiger partial charge < -0.3 is 10.2 Å². The zero-order valence-electron chi connectivity index (χ0n) is 15.0. The quantitative estimate of drug-likeness (QED) is 0.816. The summed E-state index contributed by atoms with van der Waals surface area (Å²) in [6.07, 6.45) is 0. The average Bonchev–Trinajstić information content (AvgIpc) is 2.58. The van der Waals surface area contributed by atoms with Gasteiger partial charge in [0, 0.05) is 38.9 Å². The third kappa shape index (κ3) is 4.22. The van der Waals surface area contributed by atoms with E-state index in [0.717, 1.165) is 16.3 Å². The Morgan fingerprint density at radius 1 is 1.12 bits per heavy atom. The van der Waals surface area contributed by atoms with Crippen molar-refractivity contribution in [3.05, 3.63) is 58.6 Å². The summed E-state index contributed by atoms with van der Waals surface area (Å²) in [5.41, 5.74) is 1.54. The van der Waals surface area contributed by atoms with Crippen molar-refractivity contribution in [1.29, 1.82) is 0 Å². The molecule has 0 saturated heterocycles. The van der Waals surface area contributed by atoms with Gasteiger partial charge in [-0.1, -0.05) is 17.7 Å². The van der Waals surface area contributed by atoms with Crippen LogP contribution in [0.1, 0.15) is 41.5 Å². The third-order valence-electron chi connectivity index (χ3n) is 3.89. The van der Waals surface area contributed by atoms with Crippen LogP contribution >= 0.6 is 23.4 Å². The molecule has 0 radical (unpaired) electrons. The van der Waals surface area contributed by atoms with Crippen LogP contribution < -0.4 is 10.2 Å². The second-order valence-electron chi connectivity index (χ2n) is 7.20. The van der Waals surface area contributed by atoms with Crippen LogP contribution in [0.3, 0.4) is 0 Å². The van der Waals surface area contributed by atoms with Crippen molar-refractivity contribution >= 4 is 40.9 Å². The molecule has 0 bridgehead atoms. The Morgan fingerprint density at radius 3 is 2.58 bits per heavy atom. The molecule has 0 aliphatic carbocycles. The molecule has 2 aromatic rings. The van der Waals surface area contributed by atoms with Gasteiger partial charge >= 0.3 is 0 Å². The maximum Gasteiger partial charge on any atom is 0.258 e. The maximum atomic E-state index is 13.0. The lowest BCUT2D eigenvalue weighted by Gasteiger charge is -2.30. The molecule has 6 heteroatoms. The van der Waals surface area contributed by atoms with Gasteiger partial charge in [0.05, 0.1) is 5.69 Å². The van der Waals surface area contributed by atoms with Crippen molar-refractivity contribution < 1.29 is 9.59 Å². The van der Waals surface area contributed by atoms with Crippen molar-refractivity contribution in [1.82, 2.24) is 5.32 Å². The predicted molar refractivity (Wildman–Crippen MR) is 108 cm³/mol. The molecule has 0 spiro atoms. The first-order valence-electron chi connectivity index (χ1n) is 8.41. The zero-order valence-corrected chi connectivity index (χ0v) is 16.6. The monoisotopic (exact) mass is 388 g/mol. The van der Waals surface area contributed by atoms with Crippen molar-refractivity contribution in [2.45, 2.75) is 31.2 Å². The first-order valence-corrected chi connectivity index (χ1v) is 9.78. The Labute approximate surface area is 162 Å². The summed E-state index contributed by atoms with van der Waals surface area (Å²) < 4.78 is 0. The highest BCUT2D eigenvalue weighted by Crippen LogP contribution is 2.36. The van der Waals surface area contributed by atoms with Crippen LogP contribution in [-0.4, -0.2) is 29.7 Å². The SMILES string of the molecule is CC(C)(C)NC(=O)c1ccc2c(c1)N(C(=O)c1cccc(Cl)c1)CCS2.